The summed E-state index contributed by atoms with van der Waals surface area (Å²) >= 11 is 0. The number of anilines is 1. The van der Waals surface area contributed by atoms with Crippen molar-refractivity contribution in [2.75, 3.05) is 18.4 Å². The topological polar surface area (TPSA) is 86.4 Å². The number of nitrogens with zero attached hydrogens (tertiary/aromatic N) is 2. The maximum atomic E-state index is 12.5. The monoisotopic (exact) mass is 345 g/mol. The van der Waals surface area contributed by atoms with Crippen LogP contribution in [0.1, 0.15) is 38.2 Å². The largest absolute Gasteiger partial charge is 0.342 e. The van der Waals surface area contributed by atoms with E-state index in [4.69, 9.17) is 0 Å². The van der Waals surface area contributed by atoms with Gasteiger partial charge >= 0.3 is 0 Å². The molecule has 3 heterocycles. The third-order valence-corrected chi connectivity index (χ3v) is 5.17. The minimum atomic E-state index is -0.169. The number of amides is 2. The molecule has 3 unspecified atom stereocenters. The van der Waals surface area contributed by atoms with Gasteiger partial charge in [0.1, 0.15) is 5.82 Å². The smallest absolute Gasteiger partial charge is 0.226 e. The number of aromatic nitrogens is 1. The highest BCUT2D eigenvalue weighted by Crippen LogP contribution is 2.26. The fourth-order valence-corrected chi connectivity index (χ4v) is 3.71. The summed E-state index contributed by atoms with van der Waals surface area (Å²) in [6.07, 6.45) is 4.09. The zero-order valence-corrected chi connectivity index (χ0v) is 14.9. The lowest BCUT2D eigenvalue weighted by molar-refractivity contribution is -0.134. The van der Waals surface area contributed by atoms with Crippen LogP contribution in [-0.2, 0) is 9.59 Å². The Morgan fingerprint density at radius 1 is 1.36 bits per heavy atom. The molecule has 25 heavy (non-hydrogen) atoms. The molecule has 0 spiro atoms. The van der Waals surface area contributed by atoms with Crippen LogP contribution >= 0.6 is 0 Å². The molecule has 3 N–H and O–H groups in total. The number of nitrogens with one attached hydrogen (secondary N) is 3. The number of carbonyl (C=O) groups is 2. The van der Waals surface area contributed by atoms with Crippen molar-refractivity contribution in [2.24, 2.45) is 5.92 Å². The van der Waals surface area contributed by atoms with E-state index in [-0.39, 0.29) is 24.7 Å². The summed E-state index contributed by atoms with van der Waals surface area (Å²) in [6, 6.07) is 4.55. The third kappa shape index (κ3) is 4.35. The highest BCUT2D eigenvalue weighted by Gasteiger charge is 2.39. The number of piperidine rings is 1. The van der Waals surface area contributed by atoms with E-state index in [1.54, 1.807) is 6.20 Å². The van der Waals surface area contributed by atoms with Crippen molar-refractivity contribution in [1.29, 1.82) is 0 Å². The van der Waals surface area contributed by atoms with Crippen LogP contribution in [0.15, 0.2) is 18.3 Å². The van der Waals surface area contributed by atoms with Gasteiger partial charge < -0.3 is 10.2 Å². The van der Waals surface area contributed by atoms with Crippen molar-refractivity contribution in [2.45, 2.75) is 51.6 Å². The van der Waals surface area contributed by atoms with Crippen LogP contribution in [0.3, 0.4) is 0 Å². The Hall–Kier alpha value is -1.99. The Morgan fingerprint density at radius 3 is 2.96 bits per heavy atom. The second kappa shape index (κ2) is 7.93. The van der Waals surface area contributed by atoms with E-state index in [1.807, 2.05) is 24.0 Å². The van der Waals surface area contributed by atoms with Crippen molar-refractivity contribution in [3.8, 4) is 0 Å². The van der Waals surface area contributed by atoms with Crippen LogP contribution in [0.25, 0.3) is 0 Å². The number of hydrogen-bond donors (Lipinski definition) is 3. The van der Waals surface area contributed by atoms with Gasteiger partial charge in [0, 0.05) is 50.1 Å². The Labute approximate surface area is 148 Å². The quantitative estimate of drug-likeness (QED) is 0.747. The first kappa shape index (κ1) is 17.8. The van der Waals surface area contributed by atoms with Crippen molar-refractivity contribution in [1.82, 2.24) is 20.7 Å². The van der Waals surface area contributed by atoms with Gasteiger partial charge in [0.05, 0.1) is 0 Å². The molecule has 0 saturated carbocycles. The van der Waals surface area contributed by atoms with Gasteiger partial charge in [-0.2, -0.15) is 0 Å². The fraction of sp³-hybridized carbons (Fsp3) is 0.611. The molecule has 0 radical (unpaired) electrons. The first-order chi connectivity index (χ1) is 12.1. The number of fused-ring (bicyclic) bond motifs is 1. The molecule has 2 fully saturated rings. The van der Waals surface area contributed by atoms with Crippen LogP contribution < -0.4 is 16.2 Å². The molecular formula is C18H27N5O2. The van der Waals surface area contributed by atoms with Gasteiger partial charge in [-0.05, 0) is 37.5 Å². The third-order valence-electron chi connectivity index (χ3n) is 5.17. The zero-order chi connectivity index (χ0) is 17.8. The fourth-order valence-electron chi connectivity index (χ4n) is 3.71. The minimum Gasteiger partial charge on any atom is -0.342 e. The molecule has 3 rings (SSSR count). The number of hydrogen-bond acceptors (Lipinski definition) is 5. The summed E-state index contributed by atoms with van der Waals surface area (Å²) in [6.45, 7) is 5.63. The normalized spacial score (nSPS) is 25.5. The number of aryl methyl sites for hydroxylation is 1. The summed E-state index contributed by atoms with van der Waals surface area (Å²) in [5.41, 5.74) is 7.71. The van der Waals surface area contributed by atoms with E-state index in [9.17, 15) is 9.59 Å². The molecule has 136 valence electrons. The predicted molar refractivity (Wildman–Crippen MR) is 95.7 cm³/mol. The Bertz CT molecular complexity index is 630. The van der Waals surface area contributed by atoms with E-state index >= 15 is 0 Å². The Balaban J connectivity index is 1.46. The standard InChI is InChI=1S/C18H27N5O2/c1-3-14-13-11-23(9-7-15(13)22-21-14)18(25)5-4-17(24)20-16-10-12(2)6-8-19-16/h6,8,10,13-15,21-22H,3-5,7,9,11H2,1-2H3,(H,19,20,24). The Kier molecular flexibility index (Phi) is 5.65. The second-order valence-corrected chi connectivity index (χ2v) is 6.97. The van der Waals surface area contributed by atoms with Crippen LogP contribution in [-0.4, -0.2) is 46.9 Å². The molecule has 0 aromatic carbocycles. The molecule has 1 aromatic heterocycles. The molecule has 2 aliphatic rings. The number of carbonyl (C=O) groups excluding carboxylic acids is 2. The van der Waals surface area contributed by atoms with E-state index in [0.29, 0.717) is 23.8 Å². The lowest BCUT2D eigenvalue weighted by atomic mass is 9.87. The number of likely N-dealkylation sites (tertiary alicyclic amines) is 1. The molecule has 2 aliphatic heterocycles. The highest BCUT2D eigenvalue weighted by atomic mass is 16.2. The van der Waals surface area contributed by atoms with Crippen LogP contribution in [0.2, 0.25) is 0 Å². The molecule has 1 aromatic rings. The first-order valence-corrected chi connectivity index (χ1v) is 9.08. The van der Waals surface area contributed by atoms with Crippen LogP contribution in [0.5, 0.6) is 0 Å². The highest BCUT2D eigenvalue weighted by molar-refractivity contribution is 5.92. The van der Waals surface area contributed by atoms with Gasteiger partial charge in [-0.15, -0.1) is 0 Å². The lowest BCUT2D eigenvalue weighted by Gasteiger charge is -2.36. The van der Waals surface area contributed by atoms with Crippen molar-refractivity contribution < 1.29 is 9.59 Å². The van der Waals surface area contributed by atoms with E-state index in [0.717, 1.165) is 31.5 Å². The van der Waals surface area contributed by atoms with Crippen molar-refractivity contribution in [3.63, 3.8) is 0 Å². The molecule has 7 heteroatoms. The second-order valence-electron chi connectivity index (χ2n) is 6.97. The number of pyridine rings is 1. The minimum absolute atomic E-state index is 0.0626. The van der Waals surface area contributed by atoms with Gasteiger partial charge in [0.25, 0.3) is 0 Å². The average molecular weight is 345 g/mol. The predicted octanol–water partition coefficient (Wildman–Crippen LogP) is 1.21. The van der Waals surface area contributed by atoms with Crippen LogP contribution in [0.4, 0.5) is 5.82 Å². The van der Waals surface area contributed by atoms with Gasteiger partial charge in [-0.3, -0.25) is 20.4 Å². The van der Waals surface area contributed by atoms with E-state index in [1.165, 1.54) is 0 Å². The summed E-state index contributed by atoms with van der Waals surface area (Å²) in [5.74, 6) is 0.879. The summed E-state index contributed by atoms with van der Waals surface area (Å²) in [5, 5.41) is 2.75. The molecule has 3 atom stereocenters. The average Bonchev–Trinajstić information content (AvgIpc) is 3.02. The van der Waals surface area contributed by atoms with Crippen LogP contribution in [0, 0.1) is 12.8 Å². The molecule has 7 nitrogen and oxygen atoms in total. The van der Waals surface area contributed by atoms with E-state index in [2.05, 4.69) is 28.1 Å². The molecule has 0 bridgehead atoms. The maximum Gasteiger partial charge on any atom is 0.226 e. The van der Waals surface area contributed by atoms with Gasteiger partial charge in [-0.1, -0.05) is 6.92 Å². The van der Waals surface area contributed by atoms with Gasteiger partial charge in [0.15, 0.2) is 0 Å². The lowest BCUT2D eigenvalue weighted by Crippen LogP contribution is -2.48. The zero-order valence-electron chi connectivity index (χ0n) is 14.9. The number of hydrazine groups is 1. The number of rotatable bonds is 5. The maximum absolute atomic E-state index is 12.5. The summed E-state index contributed by atoms with van der Waals surface area (Å²) in [4.78, 5) is 30.6. The molecule has 2 amide bonds. The van der Waals surface area contributed by atoms with Crippen molar-refractivity contribution >= 4 is 17.6 Å². The molecular weight excluding hydrogens is 318 g/mol. The van der Waals surface area contributed by atoms with Crippen molar-refractivity contribution in [3.05, 3.63) is 23.9 Å². The summed E-state index contributed by atoms with van der Waals surface area (Å²) < 4.78 is 0. The van der Waals surface area contributed by atoms with Gasteiger partial charge in [0.2, 0.25) is 11.8 Å². The summed E-state index contributed by atoms with van der Waals surface area (Å²) in [7, 11) is 0. The molecule has 2 saturated heterocycles. The Morgan fingerprint density at radius 2 is 2.20 bits per heavy atom. The molecule has 0 aliphatic carbocycles. The SMILES string of the molecule is CCC1NNC2CCN(C(=O)CCC(=O)Nc3cc(C)ccn3)CC12. The van der Waals surface area contributed by atoms with Gasteiger partial charge in [-0.25, -0.2) is 4.98 Å². The first-order valence-electron chi connectivity index (χ1n) is 9.08. The van der Waals surface area contributed by atoms with E-state index < -0.39 is 0 Å².